The van der Waals surface area contributed by atoms with E-state index in [-0.39, 0.29) is 40.9 Å². The summed E-state index contributed by atoms with van der Waals surface area (Å²) in [5.74, 6) is -2.34. The number of halogens is 3. The lowest BCUT2D eigenvalue weighted by atomic mass is 9.66. The predicted octanol–water partition coefficient (Wildman–Crippen LogP) is 4.01. The number of likely N-dealkylation sites (N-methyl/N-ethyl adjacent to an activating group) is 1. The molecule has 4 aliphatic rings. The fourth-order valence-corrected chi connectivity index (χ4v) is 7.15. The molecule has 6 rings (SSSR count). The van der Waals surface area contributed by atoms with Crippen molar-refractivity contribution in [3.05, 3.63) is 62.0 Å². The molecule has 7 nitrogen and oxygen atoms in total. The van der Waals surface area contributed by atoms with Crippen LogP contribution in [-0.2, 0) is 6.54 Å². The van der Waals surface area contributed by atoms with Crippen LogP contribution in [0.3, 0.4) is 0 Å². The SMILES string of the molecule is CN1C(=O)c2c(O)c(=O)c(C(=O)NCc3ccc(F)c(Cl)c3F)cn2[C@H]2CCC3(C[C@H]4C[C@H]4C3)C[C@H]21. The molecule has 5 atom stereocenters. The molecule has 2 aromatic rings. The minimum atomic E-state index is -1.00. The second-order valence-electron chi connectivity index (χ2n) is 11.0. The van der Waals surface area contributed by atoms with Crippen molar-refractivity contribution in [3.8, 4) is 5.75 Å². The van der Waals surface area contributed by atoms with E-state index in [0.29, 0.717) is 0 Å². The first-order valence-electron chi connectivity index (χ1n) is 12.3. The van der Waals surface area contributed by atoms with E-state index in [1.54, 1.807) is 16.5 Å². The number of pyridine rings is 1. The molecule has 2 N–H and O–H groups in total. The Morgan fingerprint density at radius 1 is 1.19 bits per heavy atom. The van der Waals surface area contributed by atoms with E-state index in [2.05, 4.69) is 5.32 Å². The highest BCUT2D eigenvalue weighted by atomic mass is 35.5. The number of hydrogen-bond acceptors (Lipinski definition) is 4. The molecule has 10 heteroatoms. The molecule has 3 aliphatic carbocycles. The average Bonchev–Trinajstić information content (AvgIpc) is 3.48. The highest BCUT2D eigenvalue weighted by Gasteiger charge is 2.57. The Morgan fingerprint density at radius 3 is 2.64 bits per heavy atom. The summed E-state index contributed by atoms with van der Waals surface area (Å²) < 4.78 is 29.3. The molecule has 1 aliphatic heterocycles. The van der Waals surface area contributed by atoms with Crippen LogP contribution in [0, 0.1) is 28.9 Å². The van der Waals surface area contributed by atoms with Crippen LogP contribution in [0.25, 0.3) is 0 Å². The molecule has 0 saturated heterocycles. The first-order valence-corrected chi connectivity index (χ1v) is 12.6. The van der Waals surface area contributed by atoms with E-state index in [9.17, 15) is 28.3 Å². The van der Waals surface area contributed by atoms with Crippen molar-refractivity contribution in [1.29, 1.82) is 0 Å². The third-order valence-electron chi connectivity index (χ3n) is 8.90. The Bertz CT molecular complexity index is 1370. The monoisotopic (exact) mass is 517 g/mol. The molecule has 36 heavy (non-hydrogen) atoms. The topological polar surface area (TPSA) is 91.6 Å². The Balaban J connectivity index is 1.30. The van der Waals surface area contributed by atoms with Gasteiger partial charge in [-0.15, -0.1) is 0 Å². The first kappa shape index (κ1) is 23.5. The van der Waals surface area contributed by atoms with Gasteiger partial charge in [0.2, 0.25) is 5.43 Å². The number of rotatable bonds is 3. The summed E-state index contributed by atoms with van der Waals surface area (Å²) in [5, 5.41) is 12.5. The number of nitrogens with zero attached hydrogens (tertiary/aromatic N) is 2. The lowest BCUT2D eigenvalue weighted by Gasteiger charge is -2.50. The van der Waals surface area contributed by atoms with Gasteiger partial charge in [0.1, 0.15) is 22.2 Å². The third kappa shape index (κ3) is 3.46. The zero-order valence-corrected chi connectivity index (χ0v) is 20.4. The fourth-order valence-electron chi connectivity index (χ4n) is 6.97. The average molecular weight is 518 g/mol. The zero-order valence-electron chi connectivity index (χ0n) is 19.7. The van der Waals surface area contributed by atoms with Crippen LogP contribution in [0.5, 0.6) is 5.75 Å². The van der Waals surface area contributed by atoms with Gasteiger partial charge in [0.25, 0.3) is 11.8 Å². The molecule has 1 aromatic heterocycles. The van der Waals surface area contributed by atoms with Gasteiger partial charge in [-0.1, -0.05) is 17.7 Å². The van der Waals surface area contributed by atoms with E-state index in [1.165, 1.54) is 25.5 Å². The number of hydrogen-bond donors (Lipinski definition) is 2. The lowest BCUT2D eigenvalue weighted by molar-refractivity contribution is 0.0217. The first-order chi connectivity index (χ1) is 17.1. The Hall–Kier alpha value is -2.94. The number of fused-ring (bicyclic) bond motifs is 4. The summed E-state index contributed by atoms with van der Waals surface area (Å²) in [4.78, 5) is 40.7. The maximum atomic E-state index is 14.2. The second-order valence-corrected chi connectivity index (χ2v) is 11.3. The zero-order chi connectivity index (χ0) is 25.5. The summed E-state index contributed by atoms with van der Waals surface area (Å²) in [6.45, 7) is -0.342. The van der Waals surface area contributed by atoms with Gasteiger partial charge in [-0.05, 0) is 61.8 Å². The standard InChI is InChI=1S/C26H26ClF2N3O4/c1-31-18-9-26(7-13-6-14(13)8-26)5-4-17(18)32-11-15(22(33)23(34)21(32)25(31)36)24(35)30-10-12-2-3-16(28)19(27)20(12)29/h2-3,11,13-14,17-18,34H,4-10H2,1H3,(H,30,35)/t13-,14+,17-,18+,26?/m0/s1. The van der Waals surface area contributed by atoms with Crippen molar-refractivity contribution in [2.24, 2.45) is 17.3 Å². The number of aromatic hydroxyl groups is 1. The van der Waals surface area contributed by atoms with Crippen LogP contribution in [-0.4, -0.2) is 39.5 Å². The smallest absolute Gasteiger partial charge is 0.274 e. The summed E-state index contributed by atoms with van der Waals surface area (Å²) in [5.41, 5.74) is -1.24. The summed E-state index contributed by atoms with van der Waals surface area (Å²) >= 11 is 5.60. The maximum absolute atomic E-state index is 14.2. The van der Waals surface area contributed by atoms with E-state index in [1.807, 2.05) is 0 Å². The quantitative estimate of drug-likeness (QED) is 0.602. The van der Waals surface area contributed by atoms with Crippen LogP contribution in [0.2, 0.25) is 5.02 Å². The minimum absolute atomic E-state index is 0.0545. The Morgan fingerprint density at radius 2 is 1.92 bits per heavy atom. The summed E-state index contributed by atoms with van der Waals surface area (Å²) in [6, 6.07) is 1.87. The van der Waals surface area contributed by atoms with Crippen LogP contribution in [0.1, 0.15) is 71.0 Å². The van der Waals surface area contributed by atoms with Crippen molar-refractivity contribution >= 4 is 23.4 Å². The summed E-state index contributed by atoms with van der Waals surface area (Å²) in [7, 11) is 1.71. The highest BCUT2D eigenvalue weighted by Crippen LogP contribution is 2.65. The van der Waals surface area contributed by atoms with Gasteiger partial charge in [-0.25, -0.2) is 8.78 Å². The van der Waals surface area contributed by atoms with E-state index >= 15 is 0 Å². The summed E-state index contributed by atoms with van der Waals surface area (Å²) in [6.07, 6.45) is 7.69. The fraction of sp³-hybridized carbons (Fsp3) is 0.500. The van der Waals surface area contributed by atoms with Gasteiger partial charge in [-0.2, -0.15) is 0 Å². The molecular weight excluding hydrogens is 492 g/mol. The van der Waals surface area contributed by atoms with Crippen LogP contribution >= 0.6 is 11.6 Å². The Kier molecular flexibility index (Phi) is 5.23. The minimum Gasteiger partial charge on any atom is -0.503 e. The Labute approximate surface area is 211 Å². The number of amides is 2. The third-order valence-corrected chi connectivity index (χ3v) is 9.25. The van der Waals surface area contributed by atoms with E-state index in [4.69, 9.17) is 11.6 Å². The van der Waals surface area contributed by atoms with Crippen molar-refractivity contribution in [2.45, 2.75) is 57.2 Å². The van der Waals surface area contributed by atoms with Crippen LogP contribution in [0.15, 0.2) is 23.1 Å². The van der Waals surface area contributed by atoms with Crippen LogP contribution < -0.4 is 10.7 Å². The van der Waals surface area contributed by atoms with Crippen molar-refractivity contribution in [3.63, 3.8) is 0 Å². The highest BCUT2D eigenvalue weighted by molar-refractivity contribution is 6.30. The van der Waals surface area contributed by atoms with Crippen molar-refractivity contribution in [1.82, 2.24) is 14.8 Å². The maximum Gasteiger partial charge on any atom is 0.274 e. The van der Waals surface area contributed by atoms with Gasteiger partial charge < -0.3 is 19.9 Å². The lowest BCUT2D eigenvalue weighted by Crippen LogP contribution is -2.54. The second kappa shape index (κ2) is 8.03. The van der Waals surface area contributed by atoms with Gasteiger partial charge in [0.15, 0.2) is 11.4 Å². The normalized spacial score (nSPS) is 30.1. The molecule has 1 unspecified atom stereocenters. The number of benzene rings is 1. The molecule has 190 valence electrons. The number of nitrogens with one attached hydrogen (secondary N) is 1. The molecule has 1 spiro atoms. The van der Waals surface area contributed by atoms with Gasteiger partial charge in [0.05, 0.1) is 12.1 Å². The molecule has 0 radical (unpaired) electrons. The number of aromatic nitrogens is 1. The molecule has 2 heterocycles. The largest absolute Gasteiger partial charge is 0.503 e. The van der Waals surface area contributed by atoms with Gasteiger partial charge in [-0.3, -0.25) is 14.4 Å². The molecule has 0 bridgehead atoms. The van der Waals surface area contributed by atoms with Crippen molar-refractivity contribution in [2.75, 3.05) is 7.05 Å². The van der Waals surface area contributed by atoms with Gasteiger partial charge in [0, 0.05) is 25.4 Å². The van der Waals surface area contributed by atoms with Crippen LogP contribution in [0.4, 0.5) is 8.78 Å². The molecule has 2 amide bonds. The van der Waals surface area contributed by atoms with E-state index in [0.717, 1.165) is 43.2 Å². The molecule has 3 fully saturated rings. The number of carbonyl (C=O) groups is 2. The van der Waals surface area contributed by atoms with E-state index < -0.39 is 39.6 Å². The number of carbonyl (C=O) groups excluding carboxylic acids is 2. The molecule has 3 saturated carbocycles. The van der Waals surface area contributed by atoms with Crippen molar-refractivity contribution < 1.29 is 23.5 Å². The predicted molar refractivity (Wildman–Crippen MR) is 127 cm³/mol. The van der Waals surface area contributed by atoms with Gasteiger partial charge >= 0.3 is 0 Å². The molecule has 1 aromatic carbocycles. The molecular formula is C26H26ClF2N3O4.